The van der Waals surface area contributed by atoms with Crippen LogP contribution in [-0.2, 0) is 51.1 Å². The molecule has 21 heteroatoms. The molecule has 0 spiro atoms. The van der Waals surface area contributed by atoms with Crippen molar-refractivity contribution in [3.8, 4) is 0 Å². The number of carbonyl (C=O) groups is 2. The van der Waals surface area contributed by atoms with Crippen molar-refractivity contribution in [3.05, 3.63) is 228 Å². The van der Waals surface area contributed by atoms with Gasteiger partial charge in [-0.3, -0.25) is 9.59 Å². The quantitative estimate of drug-likeness (QED) is 0.0119. The molecule has 0 aliphatic carbocycles. The SMILES string of the molecule is C.CN1Cc2c(Cl)cc(Cl)cc2C(c2cccc(NC(=O)CCCOCCOCCOCCN)c2)C1.CN1Cc2c(Cl)cc(Cl)cc2C(c2cccc(NC(=O)CCCOCCOCCOCCN=[N+]=[N-])c2)C1.c1ccc(P(c2ccccc2)c2ccccc2)cc1. The van der Waals surface area contributed by atoms with Crippen LogP contribution in [0.4, 0.5) is 11.4 Å². The number of azide groups is 1. The minimum Gasteiger partial charge on any atom is -0.379 e. The Hall–Kier alpha value is -5.98. The summed E-state index contributed by atoms with van der Waals surface area (Å²) in [5.74, 6) is 0.148. The largest absolute Gasteiger partial charge is 0.379 e. The first kappa shape index (κ1) is 75.1. The van der Waals surface area contributed by atoms with Crippen molar-refractivity contribution in [1.82, 2.24) is 9.80 Å². The fraction of sp³-hybridized carbons (Fsp3) is 0.380. The third kappa shape index (κ3) is 25.7. The molecule has 2 atom stereocenters. The molecule has 7 aromatic carbocycles. The van der Waals surface area contributed by atoms with Crippen molar-refractivity contribution in [1.29, 1.82) is 0 Å². The van der Waals surface area contributed by atoms with Gasteiger partial charge in [-0.05, 0) is 138 Å². The Morgan fingerprint density at radius 2 is 0.891 bits per heavy atom. The lowest BCUT2D eigenvalue weighted by Crippen LogP contribution is -2.31. The normalized spacial score (nSPS) is 14.3. The van der Waals surface area contributed by atoms with Crippen LogP contribution < -0.4 is 32.3 Å². The highest BCUT2D eigenvalue weighted by Crippen LogP contribution is 2.41. The molecular weight excluding hydrogens is 1270 g/mol. The first-order valence-electron chi connectivity index (χ1n) is 30.7. The number of hydrogen-bond donors (Lipinski definition) is 3. The first-order chi connectivity index (χ1) is 44.4. The number of fused-ring (bicyclic) bond motifs is 2. The van der Waals surface area contributed by atoms with E-state index in [2.05, 4.69) is 148 Å². The van der Waals surface area contributed by atoms with Crippen LogP contribution in [-0.4, -0.2) is 141 Å². The van der Waals surface area contributed by atoms with Crippen molar-refractivity contribution in [2.75, 3.05) is 130 Å². The van der Waals surface area contributed by atoms with E-state index in [4.69, 9.17) is 86.1 Å². The zero-order chi connectivity index (χ0) is 64.4. The summed E-state index contributed by atoms with van der Waals surface area (Å²) in [6, 6.07) is 55.9. The topological polar surface area (TPSA) is 195 Å². The maximum Gasteiger partial charge on any atom is 0.224 e. The van der Waals surface area contributed by atoms with Gasteiger partial charge in [-0.25, -0.2) is 0 Å². The van der Waals surface area contributed by atoms with Crippen molar-refractivity contribution in [3.63, 3.8) is 0 Å². The highest BCUT2D eigenvalue weighted by Gasteiger charge is 2.29. The lowest BCUT2D eigenvalue weighted by atomic mass is 9.84. The maximum atomic E-state index is 12.5. The van der Waals surface area contributed by atoms with Gasteiger partial charge in [0.05, 0.1) is 66.1 Å². The van der Waals surface area contributed by atoms with Gasteiger partial charge in [0, 0.05) is 114 Å². The Balaban J connectivity index is 0.000000228. The summed E-state index contributed by atoms with van der Waals surface area (Å²) in [6.07, 6.45) is 2.01. The number of halogens is 4. The molecule has 0 radical (unpaired) electrons. The number of ether oxygens (including phenoxy) is 6. The molecule has 7 aromatic rings. The molecule has 492 valence electrons. The van der Waals surface area contributed by atoms with Gasteiger partial charge < -0.3 is 54.6 Å². The molecule has 9 rings (SSSR count). The Kier molecular flexibility index (Phi) is 34.6. The Morgan fingerprint density at radius 1 is 0.522 bits per heavy atom. The summed E-state index contributed by atoms with van der Waals surface area (Å²) in [6.45, 7) is 9.83. The van der Waals surface area contributed by atoms with E-state index in [-0.39, 0.29) is 31.1 Å². The number of nitrogens with two attached hydrogens (primary N) is 1. The Bertz CT molecular complexity index is 3270. The molecule has 4 N–H and O–H groups in total. The van der Waals surface area contributed by atoms with Crippen molar-refractivity contribution >= 4 is 93.4 Å². The fourth-order valence-corrected chi connectivity index (χ4v) is 14.0. The molecule has 2 aliphatic heterocycles. The lowest BCUT2D eigenvalue weighted by Gasteiger charge is -2.33. The molecule has 2 unspecified atom stereocenters. The van der Waals surface area contributed by atoms with Gasteiger partial charge in [0.25, 0.3) is 0 Å². The fourth-order valence-electron chi connectivity index (χ4n) is 10.5. The number of carbonyl (C=O) groups excluding carboxylic acids is 2. The number of benzene rings is 7. The molecule has 0 aromatic heterocycles. The zero-order valence-corrected chi connectivity index (χ0v) is 55.8. The monoisotopic (exact) mass is 1350 g/mol. The zero-order valence-electron chi connectivity index (χ0n) is 51.8. The molecule has 0 saturated carbocycles. The Labute approximate surface area is 564 Å². The van der Waals surface area contributed by atoms with Gasteiger partial charge >= 0.3 is 0 Å². The minimum atomic E-state index is -0.446. The van der Waals surface area contributed by atoms with E-state index in [0.717, 1.165) is 70.9 Å². The van der Waals surface area contributed by atoms with E-state index in [1.807, 2.05) is 48.5 Å². The van der Waals surface area contributed by atoms with Gasteiger partial charge in [0.1, 0.15) is 0 Å². The third-order valence-corrected chi connectivity index (χ3v) is 18.3. The first-order valence-corrected chi connectivity index (χ1v) is 33.5. The number of nitrogens with zero attached hydrogens (tertiary/aromatic N) is 5. The molecule has 2 aliphatic rings. The van der Waals surface area contributed by atoms with Gasteiger partial charge in [-0.2, -0.15) is 0 Å². The summed E-state index contributed by atoms with van der Waals surface area (Å²) >= 11 is 25.6. The van der Waals surface area contributed by atoms with Crippen LogP contribution in [0.15, 0.2) is 169 Å². The second-order valence-electron chi connectivity index (χ2n) is 21.7. The smallest absolute Gasteiger partial charge is 0.224 e. The molecule has 0 saturated heterocycles. The van der Waals surface area contributed by atoms with Crippen molar-refractivity contribution in [2.45, 2.75) is 58.0 Å². The predicted molar refractivity (Wildman–Crippen MR) is 378 cm³/mol. The summed E-state index contributed by atoms with van der Waals surface area (Å²) in [7, 11) is 3.71. The number of likely N-dealkylation sites (N-methyl/N-ethyl adjacent to an activating group) is 2. The van der Waals surface area contributed by atoms with Gasteiger partial charge in [0.2, 0.25) is 11.8 Å². The van der Waals surface area contributed by atoms with E-state index < -0.39 is 7.92 Å². The lowest BCUT2D eigenvalue weighted by molar-refractivity contribution is -0.117. The minimum absolute atomic E-state index is 0. The van der Waals surface area contributed by atoms with Gasteiger partial charge in [0.15, 0.2) is 0 Å². The molecular formula is C71H87Cl4N8O8P. The van der Waals surface area contributed by atoms with E-state index in [9.17, 15) is 9.59 Å². The van der Waals surface area contributed by atoms with Gasteiger partial charge in [-0.1, -0.05) is 174 Å². The number of rotatable bonds is 32. The maximum absolute atomic E-state index is 12.5. The summed E-state index contributed by atoms with van der Waals surface area (Å²) in [5.41, 5.74) is 21.8. The number of anilines is 2. The number of amides is 2. The third-order valence-electron chi connectivity index (χ3n) is 14.7. The van der Waals surface area contributed by atoms with Crippen LogP contribution in [0.3, 0.4) is 0 Å². The second kappa shape index (κ2) is 42.4. The average molecular weight is 1350 g/mol. The van der Waals surface area contributed by atoms with E-state index >= 15 is 0 Å². The van der Waals surface area contributed by atoms with Crippen LogP contribution >= 0.6 is 54.3 Å². The number of hydrogen-bond acceptors (Lipinski definition) is 12. The van der Waals surface area contributed by atoms with E-state index in [1.54, 1.807) is 12.1 Å². The van der Waals surface area contributed by atoms with Crippen LogP contribution in [0.5, 0.6) is 0 Å². The predicted octanol–water partition coefficient (Wildman–Crippen LogP) is 14.0. The van der Waals surface area contributed by atoms with E-state index in [1.165, 1.54) is 15.9 Å². The van der Waals surface area contributed by atoms with E-state index in [0.29, 0.717) is 138 Å². The van der Waals surface area contributed by atoms with Crippen LogP contribution in [0.2, 0.25) is 20.1 Å². The molecule has 16 nitrogen and oxygen atoms in total. The van der Waals surface area contributed by atoms with Gasteiger partial charge in [-0.15, -0.1) is 0 Å². The van der Waals surface area contributed by atoms with Crippen LogP contribution in [0, 0.1) is 0 Å². The molecule has 2 heterocycles. The van der Waals surface area contributed by atoms with Crippen LogP contribution in [0.25, 0.3) is 10.4 Å². The summed E-state index contributed by atoms with van der Waals surface area (Å²) in [4.78, 5) is 32.0. The number of nitrogens with one attached hydrogen (secondary N) is 2. The molecule has 0 bridgehead atoms. The molecule has 0 fully saturated rings. The highest BCUT2D eigenvalue weighted by molar-refractivity contribution is 7.79. The highest BCUT2D eigenvalue weighted by atomic mass is 35.5. The summed E-state index contributed by atoms with van der Waals surface area (Å²) < 4.78 is 32.3. The van der Waals surface area contributed by atoms with Crippen LogP contribution in [0.1, 0.15) is 78.3 Å². The average Bonchev–Trinajstić information content (AvgIpc) is 0.821. The standard InChI is InChI=1S/C26H33Cl2N5O4.C26H35Cl2N3O4.C18H15P.CH4/c1-33-17-23(22-15-20(27)16-25(28)24(22)18-33)19-4-2-5-21(14-19)31-26(34)6-3-8-35-10-12-37-13-11-36-9-7-30-32-29;1-31-17-23(22-15-20(27)16-25(28)24(22)18-31)19-4-2-5-21(14-19)30-26(32)6-3-8-33-10-12-35-13-11-34-9-7-29;1-4-10-16(11-5-1)19(17-12-6-2-7-13-17)18-14-8-3-9-15-18;/h2,4-5,14-16,23H,3,6-13,17-18H2,1H3,(H,31,34);2,4-5,14-16,23H,3,6-13,17-18,29H2,1H3,(H,30,32);1-15H;1H4. The van der Waals surface area contributed by atoms with Crippen molar-refractivity contribution < 1.29 is 38.0 Å². The Morgan fingerprint density at radius 3 is 1.27 bits per heavy atom. The summed E-state index contributed by atoms with van der Waals surface area (Å²) in [5, 5.41) is 16.2. The molecule has 92 heavy (non-hydrogen) atoms. The van der Waals surface area contributed by atoms with Crippen molar-refractivity contribution in [2.24, 2.45) is 10.8 Å². The second-order valence-corrected chi connectivity index (χ2v) is 25.6. The molecule has 2 amide bonds.